The van der Waals surface area contributed by atoms with Gasteiger partial charge in [-0.25, -0.2) is 14.6 Å². The van der Waals surface area contributed by atoms with E-state index < -0.39 is 17.8 Å². The summed E-state index contributed by atoms with van der Waals surface area (Å²) in [5.41, 5.74) is 2.54. The Morgan fingerprint density at radius 2 is 1.62 bits per heavy atom. The van der Waals surface area contributed by atoms with Crippen molar-refractivity contribution in [3.63, 3.8) is 0 Å². The first-order chi connectivity index (χ1) is 17.8. The van der Waals surface area contributed by atoms with Gasteiger partial charge in [-0.2, -0.15) is 0 Å². The SMILES string of the molecule is COC(=O)c1sc(NC(=O)c2cc(-c3ccc(OC)cc3OC)nc3ccccc23)c(C(=O)OC)c1C. The van der Waals surface area contributed by atoms with Crippen molar-refractivity contribution in [1.29, 1.82) is 0 Å². The third-order valence-corrected chi connectivity index (χ3v) is 6.97. The summed E-state index contributed by atoms with van der Waals surface area (Å²) in [7, 11) is 5.58. The van der Waals surface area contributed by atoms with Crippen LogP contribution in [0.3, 0.4) is 0 Å². The van der Waals surface area contributed by atoms with Crippen molar-refractivity contribution in [3.8, 4) is 22.8 Å². The van der Waals surface area contributed by atoms with Crippen molar-refractivity contribution in [3.05, 3.63) is 70.1 Å². The number of carbonyl (C=O) groups excluding carboxylic acids is 3. The molecule has 0 aliphatic rings. The normalized spacial score (nSPS) is 10.6. The highest BCUT2D eigenvalue weighted by molar-refractivity contribution is 7.18. The van der Waals surface area contributed by atoms with Crippen LogP contribution in [0.2, 0.25) is 0 Å². The van der Waals surface area contributed by atoms with Gasteiger partial charge in [-0.05, 0) is 36.8 Å². The Hall–Kier alpha value is -4.44. The average molecular weight is 521 g/mol. The monoisotopic (exact) mass is 520 g/mol. The number of ether oxygens (including phenoxy) is 4. The molecule has 0 fully saturated rings. The van der Waals surface area contributed by atoms with Gasteiger partial charge in [0.05, 0.1) is 50.8 Å². The van der Waals surface area contributed by atoms with E-state index >= 15 is 0 Å². The summed E-state index contributed by atoms with van der Waals surface area (Å²) < 4.78 is 20.5. The van der Waals surface area contributed by atoms with Gasteiger partial charge in [0, 0.05) is 17.0 Å². The smallest absolute Gasteiger partial charge is 0.348 e. The molecular weight excluding hydrogens is 496 g/mol. The van der Waals surface area contributed by atoms with Crippen LogP contribution < -0.4 is 14.8 Å². The number of rotatable bonds is 7. The van der Waals surface area contributed by atoms with Gasteiger partial charge < -0.3 is 24.3 Å². The van der Waals surface area contributed by atoms with Gasteiger partial charge in [-0.1, -0.05) is 18.2 Å². The molecule has 0 spiro atoms. The Morgan fingerprint density at radius 3 is 2.30 bits per heavy atom. The molecule has 37 heavy (non-hydrogen) atoms. The molecule has 0 bridgehead atoms. The van der Waals surface area contributed by atoms with Gasteiger partial charge in [-0.3, -0.25) is 4.79 Å². The van der Waals surface area contributed by atoms with E-state index in [4.69, 9.17) is 23.9 Å². The maximum atomic E-state index is 13.6. The summed E-state index contributed by atoms with van der Waals surface area (Å²) in [5.74, 6) is -0.642. The highest BCUT2D eigenvalue weighted by Crippen LogP contribution is 2.37. The number of carbonyl (C=O) groups is 3. The lowest BCUT2D eigenvalue weighted by Crippen LogP contribution is -2.15. The molecule has 2 aromatic heterocycles. The van der Waals surface area contributed by atoms with Gasteiger partial charge in [0.15, 0.2) is 0 Å². The first-order valence-corrected chi connectivity index (χ1v) is 11.9. The highest BCUT2D eigenvalue weighted by Gasteiger charge is 2.27. The molecule has 10 heteroatoms. The molecule has 2 aromatic carbocycles. The summed E-state index contributed by atoms with van der Waals surface area (Å²) in [5, 5.41) is 3.58. The molecule has 0 saturated carbocycles. The lowest BCUT2D eigenvalue weighted by molar-refractivity contribution is 0.0601. The van der Waals surface area contributed by atoms with E-state index in [-0.39, 0.29) is 15.4 Å². The van der Waals surface area contributed by atoms with Crippen molar-refractivity contribution in [2.75, 3.05) is 33.8 Å². The molecule has 1 N–H and O–H groups in total. The minimum atomic E-state index is -0.678. The minimum Gasteiger partial charge on any atom is -0.497 e. The zero-order valence-corrected chi connectivity index (χ0v) is 21.6. The van der Waals surface area contributed by atoms with E-state index in [0.717, 1.165) is 11.3 Å². The predicted octanol–water partition coefficient (Wildman–Crippen LogP) is 5.11. The molecule has 0 saturated heterocycles. The Kier molecular flexibility index (Phi) is 7.40. The maximum Gasteiger partial charge on any atom is 0.348 e. The number of hydrogen-bond acceptors (Lipinski definition) is 9. The number of nitrogens with zero attached hydrogens (tertiary/aromatic N) is 1. The van der Waals surface area contributed by atoms with E-state index in [1.54, 1.807) is 63.6 Å². The summed E-state index contributed by atoms with van der Waals surface area (Å²) in [6, 6.07) is 14.2. The van der Waals surface area contributed by atoms with Crippen LogP contribution in [0.5, 0.6) is 11.5 Å². The quantitative estimate of drug-likeness (QED) is 0.334. The van der Waals surface area contributed by atoms with E-state index in [9.17, 15) is 14.4 Å². The van der Waals surface area contributed by atoms with Gasteiger partial charge in [-0.15, -0.1) is 11.3 Å². The Morgan fingerprint density at radius 1 is 0.892 bits per heavy atom. The van der Waals surface area contributed by atoms with Gasteiger partial charge in [0.25, 0.3) is 5.91 Å². The molecule has 0 aliphatic heterocycles. The molecule has 0 atom stereocenters. The minimum absolute atomic E-state index is 0.0941. The van der Waals surface area contributed by atoms with E-state index in [2.05, 4.69) is 5.32 Å². The first kappa shape index (κ1) is 25.6. The largest absolute Gasteiger partial charge is 0.497 e. The van der Waals surface area contributed by atoms with Crippen molar-refractivity contribution in [2.24, 2.45) is 0 Å². The second kappa shape index (κ2) is 10.7. The standard InChI is InChI=1S/C27H24N2O7S/c1-14-22(26(31)35-4)25(37-23(14)27(32)36-5)29-24(30)18-13-20(28-19-9-7-6-8-16(18)19)17-11-10-15(33-2)12-21(17)34-3/h6-13H,1-5H3,(H,29,30). The molecule has 190 valence electrons. The molecule has 4 rings (SSSR count). The molecule has 1 amide bonds. The zero-order valence-electron chi connectivity index (χ0n) is 20.8. The number of methoxy groups -OCH3 is 4. The van der Waals surface area contributed by atoms with Crippen LogP contribution in [0.1, 0.15) is 36.0 Å². The summed E-state index contributed by atoms with van der Waals surface area (Å²) in [4.78, 5) is 43.3. The number of anilines is 1. The average Bonchev–Trinajstić information content (AvgIpc) is 3.26. The molecule has 4 aromatic rings. The van der Waals surface area contributed by atoms with Crippen molar-refractivity contribution in [2.45, 2.75) is 6.92 Å². The fourth-order valence-electron chi connectivity index (χ4n) is 3.92. The highest BCUT2D eigenvalue weighted by atomic mass is 32.1. The first-order valence-electron chi connectivity index (χ1n) is 11.1. The molecule has 9 nitrogen and oxygen atoms in total. The molecule has 0 unspecified atom stereocenters. The number of fused-ring (bicyclic) bond motifs is 1. The Bertz CT molecular complexity index is 1530. The number of amides is 1. The number of pyridine rings is 1. The van der Waals surface area contributed by atoms with Crippen LogP contribution in [0.25, 0.3) is 22.2 Å². The topological polar surface area (TPSA) is 113 Å². The van der Waals surface area contributed by atoms with Gasteiger partial charge in [0.2, 0.25) is 0 Å². The van der Waals surface area contributed by atoms with Crippen LogP contribution in [-0.4, -0.2) is 51.3 Å². The van der Waals surface area contributed by atoms with E-state index in [1.165, 1.54) is 14.2 Å². The summed E-state index contributed by atoms with van der Waals surface area (Å²) >= 11 is 0.945. The second-order valence-corrected chi connectivity index (χ2v) is 8.86. The molecule has 0 radical (unpaired) electrons. The summed E-state index contributed by atoms with van der Waals surface area (Å²) in [6.45, 7) is 1.60. The van der Waals surface area contributed by atoms with Crippen LogP contribution in [0.4, 0.5) is 5.00 Å². The fraction of sp³-hybridized carbons (Fsp3) is 0.185. The Labute approximate surface area is 216 Å². The van der Waals surface area contributed by atoms with Crippen LogP contribution in [0.15, 0.2) is 48.5 Å². The van der Waals surface area contributed by atoms with Crippen molar-refractivity contribution in [1.82, 2.24) is 4.98 Å². The predicted molar refractivity (Wildman–Crippen MR) is 140 cm³/mol. The van der Waals surface area contributed by atoms with E-state index in [1.807, 2.05) is 6.07 Å². The lowest BCUT2D eigenvalue weighted by Gasteiger charge is -2.13. The lowest BCUT2D eigenvalue weighted by atomic mass is 10.0. The maximum absolute atomic E-state index is 13.6. The van der Waals surface area contributed by atoms with Crippen molar-refractivity contribution >= 4 is 45.1 Å². The van der Waals surface area contributed by atoms with Crippen LogP contribution in [0, 0.1) is 6.92 Å². The van der Waals surface area contributed by atoms with Crippen molar-refractivity contribution < 1.29 is 33.3 Å². The second-order valence-electron chi connectivity index (χ2n) is 7.84. The number of para-hydroxylation sites is 1. The third-order valence-electron chi connectivity index (χ3n) is 5.78. The van der Waals surface area contributed by atoms with Gasteiger partial charge >= 0.3 is 11.9 Å². The fourth-order valence-corrected chi connectivity index (χ4v) is 5.03. The molecular formula is C27H24N2O7S. The number of esters is 2. The summed E-state index contributed by atoms with van der Waals surface area (Å²) in [6.07, 6.45) is 0. The van der Waals surface area contributed by atoms with E-state index in [0.29, 0.717) is 44.8 Å². The van der Waals surface area contributed by atoms with Crippen LogP contribution in [-0.2, 0) is 9.47 Å². The number of thiophene rings is 1. The van der Waals surface area contributed by atoms with Gasteiger partial charge in [0.1, 0.15) is 21.4 Å². The zero-order chi connectivity index (χ0) is 26.7. The molecule has 2 heterocycles. The Balaban J connectivity index is 1.84. The number of benzene rings is 2. The molecule has 0 aliphatic carbocycles. The number of hydrogen-bond donors (Lipinski definition) is 1. The van der Waals surface area contributed by atoms with Crippen LogP contribution >= 0.6 is 11.3 Å². The number of aromatic nitrogens is 1. The third kappa shape index (κ3) is 4.83. The number of nitrogens with one attached hydrogen (secondary N) is 1.